The molecule has 1 saturated heterocycles. The number of amides is 2. The van der Waals surface area contributed by atoms with Crippen LogP contribution in [0, 0.1) is 5.92 Å². The van der Waals surface area contributed by atoms with Gasteiger partial charge in [-0.1, -0.05) is 54.1 Å². The number of hydrogen-bond acceptors (Lipinski definition) is 7. The summed E-state index contributed by atoms with van der Waals surface area (Å²) in [5, 5.41) is 15.2. The fourth-order valence-corrected chi connectivity index (χ4v) is 7.54. The van der Waals surface area contributed by atoms with Crippen molar-refractivity contribution in [3.63, 3.8) is 0 Å². The number of piperazine rings is 1. The molecule has 2 amide bonds. The summed E-state index contributed by atoms with van der Waals surface area (Å²) in [5.74, 6) is -0.644. The van der Waals surface area contributed by atoms with E-state index in [4.69, 9.17) is 21.3 Å². The topological polar surface area (TPSA) is 107 Å². The molecule has 0 spiro atoms. The predicted octanol–water partition coefficient (Wildman–Crippen LogP) is 6.30. The van der Waals surface area contributed by atoms with Crippen LogP contribution in [-0.2, 0) is 28.8 Å². The number of benzene rings is 2. The van der Waals surface area contributed by atoms with Gasteiger partial charge in [-0.3, -0.25) is 24.6 Å². The van der Waals surface area contributed by atoms with E-state index in [-0.39, 0.29) is 37.5 Å². The van der Waals surface area contributed by atoms with Crippen molar-refractivity contribution in [1.82, 2.24) is 20.1 Å². The fraction of sp³-hybridized carbons (Fsp3) is 0.421. The van der Waals surface area contributed by atoms with Gasteiger partial charge in [0.05, 0.1) is 17.4 Å². The Labute approximate surface area is 301 Å². The van der Waals surface area contributed by atoms with Gasteiger partial charge < -0.3 is 15.2 Å². The third-order valence-electron chi connectivity index (χ3n) is 9.30. The van der Waals surface area contributed by atoms with Crippen LogP contribution in [-0.4, -0.2) is 82.0 Å². The van der Waals surface area contributed by atoms with Crippen molar-refractivity contribution in [2.45, 2.75) is 70.2 Å². The van der Waals surface area contributed by atoms with Crippen molar-refractivity contribution < 1.29 is 19.4 Å². The zero-order chi connectivity index (χ0) is 34.7. The van der Waals surface area contributed by atoms with Gasteiger partial charge in [0.1, 0.15) is 17.7 Å². The maximum absolute atomic E-state index is 14.3. The highest BCUT2D eigenvalue weighted by Crippen LogP contribution is 2.38. The van der Waals surface area contributed by atoms with Crippen LogP contribution in [0.4, 0.5) is 4.79 Å². The molecule has 49 heavy (non-hydrogen) atoms. The number of aliphatic hydroxyl groups is 1. The van der Waals surface area contributed by atoms with Gasteiger partial charge in [0.15, 0.2) is 0 Å². The molecule has 6 rings (SSSR count). The lowest BCUT2D eigenvalue weighted by molar-refractivity contribution is -0.129. The van der Waals surface area contributed by atoms with Gasteiger partial charge in [0.25, 0.3) is 0 Å². The summed E-state index contributed by atoms with van der Waals surface area (Å²) in [6.45, 7) is 6.71. The lowest BCUT2D eigenvalue weighted by Gasteiger charge is -2.44. The molecule has 258 valence electrons. The highest BCUT2D eigenvalue weighted by atomic mass is 79.9. The van der Waals surface area contributed by atoms with Crippen molar-refractivity contribution in [2.24, 2.45) is 10.9 Å². The molecule has 4 atom stereocenters. The fourth-order valence-electron chi connectivity index (χ4n) is 6.97. The lowest BCUT2D eigenvalue weighted by atomic mass is 9.91. The van der Waals surface area contributed by atoms with Crippen molar-refractivity contribution in [3.8, 4) is 0 Å². The van der Waals surface area contributed by atoms with Crippen LogP contribution in [0.25, 0.3) is 0 Å². The molecular formula is C38H43BrClN5O4. The van der Waals surface area contributed by atoms with Gasteiger partial charge in [-0.15, -0.1) is 0 Å². The number of aliphatic imine (C=N–C) groups is 1. The standard InChI is InChI=1S/C38H43BrClN5O4/c1-38(2,3)49-37(48)45-17-16-44(34-30-14-13-29(40)20-25(30)11-12-26-19-28(39)22-42-33(26)34)23-32(45)36(47)43-21-27(18-24-8-5-4-6-9-24)35(46)31-10-7-15-41-31/h4-6,8-10,13-15,19-20,22,27,32,34-35,46H,7,11-12,16-18,21,23H2,1-3H3,(H,43,47)/t27-,32-,34?,35?/m1/s1. The number of allylic oxidation sites excluding steroid dienone is 1. The van der Waals surface area contributed by atoms with Crippen LogP contribution in [0.5, 0.6) is 0 Å². The first kappa shape index (κ1) is 35.3. The van der Waals surface area contributed by atoms with Crippen LogP contribution < -0.4 is 5.32 Å². The largest absolute Gasteiger partial charge is 0.444 e. The first-order chi connectivity index (χ1) is 23.5. The molecule has 1 aromatic heterocycles. The SMILES string of the molecule is CC(C)(C)OC(=O)N1CCN(C2c3ccc(Cl)cc3CCc3cc(Br)cnc32)C[C@@H]1C(=O)NC[C@@H](Cc1ccccc1)C(O)C1=CCC=N1. The van der Waals surface area contributed by atoms with Crippen LogP contribution in [0.3, 0.4) is 0 Å². The minimum atomic E-state index is -0.861. The number of fused-ring (bicyclic) bond motifs is 2. The van der Waals surface area contributed by atoms with Crippen molar-refractivity contribution in [3.05, 3.63) is 110 Å². The monoisotopic (exact) mass is 747 g/mol. The summed E-state index contributed by atoms with van der Waals surface area (Å²) < 4.78 is 6.71. The Kier molecular flexibility index (Phi) is 10.9. The highest BCUT2D eigenvalue weighted by Gasteiger charge is 2.42. The van der Waals surface area contributed by atoms with Crippen molar-refractivity contribution in [2.75, 3.05) is 26.2 Å². The number of carbonyl (C=O) groups excluding carboxylic acids is 2. The minimum Gasteiger partial charge on any atom is -0.444 e. The second-order valence-corrected chi connectivity index (χ2v) is 15.3. The summed E-state index contributed by atoms with van der Waals surface area (Å²) in [5.41, 5.74) is 5.23. The molecule has 9 nitrogen and oxygen atoms in total. The van der Waals surface area contributed by atoms with Gasteiger partial charge in [-0.05, 0) is 96.4 Å². The third-order valence-corrected chi connectivity index (χ3v) is 9.97. The van der Waals surface area contributed by atoms with Crippen LogP contribution in [0.1, 0.15) is 61.2 Å². The summed E-state index contributed by atoms with van der Waals surface area (Å²) in [7, 11) is 0. The Bertz CT molecular complexity index is 1690. The molecule has 2 aliphatic heterocycles. The first-order valence-corrected chi connectivity index (χ1v) is 18.0. The number of aryl methyl sites for hydroxylation is 2. The Hall–Kier alpha value is -3.57. The second-order valence-electron chi connectivity index (χ2n) is 13.9. The second kappa shape index (κ2) is 15.1. The quantitative estimate of drug-likeness (QED) is 0.280. The molecule has 0 saturated carbocycles. The van der Waals surface area contributed by atoms with Gasteiger partial charge in [0.2, 0.25) is 5.91 Å². The van der Waals surface area contributed by atoms with E-state index in [1.54, 1.807) is 11.1 Å². The molecule has 3 aliphatic rings. The molecule has 1 fully saturated rings. The highest BCUT2D eigenvalue weighted by molar-refractivity contribution is 9.10. The Morgan fingerprint density at radius 3 is 2.61 bits per heavy atom. The maximum atomic E-state index is 14.3. The molecule has 1 aliphatic carbocycles. The molecule has 3 heterocycles. The zero-order valence-electron chi connectivity index (χ0n) is 28.1. The number of rotatable bonds is 8. The zero-order valence-corrected chi connectivity index (χ0v) is 30.5. The van der Waals surface area contributed by atoms with Crippen molar-refractivity contribution >= 4 is 45.7 Å². The smallest absolute Gasteiger partial charge is 0.411 e. The number of nitrogens with one attached hydrogen (secondary N) is 1. The van der Waals surface area contributed by atoms with E-state index in [2.05, 4.69) is 43.3 Å². The average molecular weight is 749 g/mol. The first-order valence-electron chi connectivity index (χ1n) is 16.9. The van der Waals surface area contributed by atoms with E-state index in [0.29, 0.717) is 30.1 Å². The average Bonchev–Trinajstić information content (AvgIpc) is 3.57. The Morgan fingerprint density at radius 1 is 1.10 bits per heavy atom. The molecule has 0 radical (unpaired) electrons. The number of aliphatic hydroxyl groups excluding tert-OH is 1. The molecule has 3 aromatic rings. The molecule has 2 N–H and O–H groups in total. The number of nitrogens with zero attached hydrogens (tertiary/aromatic N) is 4. The summed E-state index contributed by atoms with van der Waals surface area (Å²) in [4.78, 5) is 41.0. The number of ether oxygens (including phenoxy) is 1. The number of carbonyl (C=O) groups is 2. The van der Waals surface area contributed by atoms with E-state index < -0.39 is 23.8 Å². The van der Waals surface area contributed by atoms with Crippen LogP contribution in [0.15, 0.2) is 82.0 Å². The normalized spacial score (nSPS) is 20.4. The van der Waals surface area contributed by atoms with E-state index >= 15 is 0 Å². The summed E-state index contributed by atoms with van der Waals surface area (Å²) >= 11 is 10.1. The molecule has 11 heteroatoms. The van der Waals surface area contributed by atoms with Crippen LogP contribution >= 0.6 is 27.5 Å². The maximum Gasteiger partial charge on any atom is 0.411 e. The third kappa shape index (κ3) is 8.43. The van der Waals surface area contributed by atoms with E-state index in [1.165, 1.54) is 0 Å². The van der Waals surface area contributed by atoms with Crippen molar-refractivity contribution in [1.29, 1.82) is 0 Å². The van der Waals surface area contributed by atoms with E-state index in [9.17, 15) is 14.7 Å². The summed E-state index contributed by atoms with van der Waals surface area (Å²) in [6, 6.07) is 16.9. The van der Waals surface area contributed by atoms with Gasteiger partial charge in [-0.25, -0.2) is 4.79 Å². The molecule has 2 aromatic carbocycles. The van der Waals surface area contributed by atoms with Crippen LogP contribution in [0.2, 0.25) is 5.02 Å². The molecule has 0 bridgehead atoms. The number of hydrogen-bond donors (Lipinski definition) is 2. The molecular weight excluding hydrogens is 706 g/mol. The molecule has 2 unspecified atom stereocenters. The number of halogens is 2. The number of pyridine rings is 1. The van der Waals surface area contributed by atoms with E-state index in [0.717, 1.165) is 45.3 Å². The number of aromatic nitrogens is 1. The Balaban J connectivity index is 1.30. The van der Waals surface area contributed by atoms with Gasteiger partial charge >= 0.3 is 6.09 Å². The predicted molar refractivity (Wildman–Crippen MR) is 195 cm³/mol. The summed E-state index contributed by atoms with van der Waals surface area (Å²) in [6.07, 6.45) is 6.94. The Morgan fingerprint density at radius 2 is 1.88 bits per heavy atom. The van der Waals surface area contributed by atoms with Gasteiger partial charge in [0, 0.05) is 60.4 Å². The van der Waals surface area contributed by atoms with Gasteiger partial charge in [-0.2, -0.15) is 0 Å². The minimum absolute atomic E-state index is 0.198. The van der Waals surface area contributed by atoms with E-state index in [1.807, 2.05) is 75.5 Å². The lowest BCUT2D eigenvalue weighted by Crippen LogP contribution is -2.62.